The van der Waals surface area contributed by atoms with Gasteiger partial charge >= 0.3 is 5.97 Å². The monoisotopic (exact) mass is 192 g/mol. The maximum Gasteiger partial charge on any atom is 0.377 e. The van der Waals surface area contributed by atoms with Gasteiger partial charge in [-0.25, -0.2) is 4.79 Å². The molecule has 0 aliphatic heterocycles. The highest BCUT2D eigenvalue weighted by molar-refractivity contribution is 6.40. The zero-order valence-electron chi connectivity index (χ0n) is 8.20. The molecule has 1 aromatic rings. The summed E-state index contributed by atoms with van der Waals surface area (Å²) in [7, 11) is 0. The van der Waals surface area contributed by atoms with E-state index in [0.29, 0.717) is 0 Å². The number of aliphatic carboxylic acids is 1. The molecule has 1 rings (SSSR count). The van der Waals surface area contributed by atoms with Crippen LogP contribution in [0.4, 0.5) is 0 Å². The molecule has 0 fully saturated rings. The Balaban J connectivity index is 3.22. The van der Waals surface area contributed by atoms with E-state index in [1.807, 2.05) is 13.0 Å². The summed E-state index contributed by atoms with van der Waals surface area (Å²) in [6.07, 6.45) is 0.798. The third-order valence-electron chi connectivity index (χ3n) is 2.27. The summed E-state index contributed by atoms with van der Waals surface area (Å²) in [4.78, 5) is 21.7. The Hall–Kier alpha value is -1.64. The van der Waals surface area contributed by atoms with Crippen molar-refractivity contribution in [2.75, 3.05) is 0 Å². The van der Waals surface area contributed by atoms with Crippen molar-refractivity contribution < 1.29 is 14.7 Å². The molecule has 0 unspecified atom stereocenters. The number of carbonyl (C=O) groups is 2. The lowest BCUT2D eigenvalue weighted by Gasteiger charge is -2.06. The molecule has 0 amide bonds. The lowest BCUT2D eigenvalue weighted by molar-refractivity contribution is -0.131. The lowest BCUT2D eigenvalue weighted by atomic mass is 9.98. The molecule has 0 heterocycles. The standard InChI is InChI=1S/C11H12O3/c1-3-8-5-4-6-9(7(8)2)10(12)11(13)14/h4-6H,3H2,1-2H3,(H,13,14). The van der Waals surface area contributed by atoms with E-state index in [0.717, 1.165) is 17.5 Å². The first kappa shape index (κ1) is 10.4. The van der Waals surface area contributed by atoms with Gasteiger partial charge in [0.15, 0.2) is 0 Å². The van der Waals surface area contributed by atoms with Gasteiger partial charge in [-0.3, -0.25) is 4.79 Å². The third-order valence-corrected chi connectivity index (χ3v) is 2.27. The average Bonchev–Trinajstić information content (AvgIpc) is 2.17. The molecule has 1 aromatic carbocycles. The Labute approximate surface area is 82.4 Å². The molecule has 74 valence electrons. The number of aryl methyl sites for hydroxylation is 1. The SMILES string of the molecule is CCc1cccc(C(=O)C(=O)O)c1C. The fourth-order valence-corrected chi connectivity index (χ4v) is 1.43. The van der Waals surface area contributed by atoms with Gasteiger partial charge in [0, 0.05) is 5.56 Å². The fourth-order valence-electron chi connectivity index (χ4n) is 1.43. The average molecular weight is 192 g/mol. The van der Waals surface area contributed by atoms with Gasteiger partial charge in [0.25, 0.3) is 5.78 Å². The Morgan fingerprint density at radius 3 is 2.50 bits per heavy atom. The molecule has 0 aliphatic rings. The quantitative estimate of drug-likeness (QED) is 0.587. The Kier molecular flexibility index (Phi) is 3.02. The highest BCUT2D eigenvalue weighted by Crippen LogP contribution is 2.14. The number of hydrogen-bond donors (Lipinski definition) is 1. The highest BCUT2D eigenvalue weighted by Gasteiger charge is 2.17. The number of hydrogen-bond acceptors (Lipinski definition) is 2. The Morgan fingerprint density at radius 2 is 2.00 bits per heavy atom. The first-order valence-electron chi connectivity index (χ1n) is 4.44. The van der Waals surface area contributed by atoms with Crippen LogP contribution in [0, 0.1) is 6.92 Å². The normalized spacial score (nSPS) is 9.86. The van der Waals surface area contributed by atoms with Crippen LogP contribution in [-0.2, 0) is 11.2 Å². The van der Waals surface area contributed by atoms with E-state index in [-0.39, 0.29) is 5.56 Å². The zero-order chi connectivity index (χ0) is 10.7. The maximum absolute atomic E-state index is 11.2. The lowest BCUT2D eigenvalue weighted by Crippen LogP contribution is -2.14. The molecular weight excluding hydrogens is 180 g/mol. The van der Waals surface area contributed by atoms with Gasteiger partial charge in [0.2, 0.25) is 0 Å². The number of rotatable bonds is 3. The van der Waals surface area contributed by atoms with Crippen molar-refractivity contribution in [3.8, 4) is 0 Å². The summed E-state index contributed by atoms with van der Waals surface area (Å²) >= 11 is 0. The minimum absolute atomic E-state index is 0.289. The van der Waals surface area contributed by atoms with E-state index in [1.54, 1.807) is 19.1 Å². The number of Topliss-reactive ketones (excluding diaryl/α,β-unsaturated/α-hetero) is 1. The molecule has 0 saturated heterocycles. The van der Waals surface area contributed by atoms with Gasteiger partial charge in [-0.1, -0.05) is 25.1 Å². The third kappa shape index (κ3) is 1.82. The highest BCUT2D eigenvalue weighted by atomic mass is 16.4. The van der Waals surface area contributed by atoms with E-state index in [2.05, 4.69) is 0 Å². The van der Waals surface area contributed by atoms with Crippen molar-refractivity contribution in [1.82, 2.24) is 0 Å². The molecule has 0 atom stereocenters. The van der Waals surface area contributed by atoms with Crippen molar-refractivity contribution in [2.24, 2.45) is 0 Å². The molecule has 0 spiro atoms. The van der Waals surface area contributed by atoms with Crippen molar-refractivity contribution in [3.05, 3.63) is 34.9 Å². The molecule has 0 aromatic heterocycles. The number of carboxylic acids is 1. The molecule has 14 heavy (non-hydrogen) atoms. The predicted octanol–water partition coefficient (Wildman–Crippen LogP) is 1.82. The van der Waals surface area contributed by atoms with E-state index < -0.39 is 11.8 Å². The van der Waals surface area contributed by atoms with E-state index >= 15 is 0 Å². The first-order chi connectivity index (χ1) is 6.57. The molecular formula is C11H12O3. The van der Waals surface area contributed by atoms with Crippen LogP contribution >= 0.6 is 0 Å². The Bertz CT molecular complexity index is 380. The van der Waals surface area contributed by atoms with Gasteiger partial charge in [-0.05, 0) is 24.5 Å². The van der Waals surface area contributed by atoms with Crippen LogP contribution < -0.4 is 0 Å². The number of carboxylic acid groups (broad SMARTS) is 1. The number of carbonyl (C=O) groups excluding carboxylic acids is 1. The van der Waals surface area contributed by atoms with Gasteiger partial charge < -0.3 is 5.11 Å². The van der Waals surface area contributed by atoms with Gasteiger partial charge in [-0.15, -0.1) is 0 Å². The largest absolute Gasteiger partial charge is 0.475 e. The van der Waals surface area contributed by atoms with E-state index in [1.165, 1.54) is 0 Å². The van der Waals surface area contributed by atoms with Crippen molar-refractivity contribution in [3.63, 3.8) is 0 Å². The summed E-state index contributed by atoms with van der Waals surface area (Å²) in [5, 5.41) is 8.57. The Morgan fingerprint density at radius 1 is 1.36 bits per heavy atom. The van der Waals surface area contributed by atoms with Crippen molar-refractivity contribution >= 4 is 11.8 Å². The first-order valence-corrected chi connectivity index (χ1v) is 4.44. The molecule has 0 saturated carbocycles. The van der Waals surface area contributed by atoms with Crippen molar-refractivity contribution in [1.29, 1.82) is 0 Å². The second kappa shape index (κ2) is 4.05. The summed E-state index contributed by atoms with van der Waals surface area (Å²) in [5.74, 6) is -2.24. The summed E-state index contributed by atoms with van der Waals surface area (Å²) in [5.41, 5.74) is 2.07. The molecule has 1 N–H and O–H groups in total. The second-order valence-electron chi connectivity index (χ2n) is 3.08. The van der Waals surface area contributed by atoms with Crippen LogP contribution in [0.3, 0.4) is 0 Å². The molecule has 3 nitrogen and oxygen atoms in total. The maximum atomic E-state index is 11.2. The zero-order valence-corrected chi connectivity index (χ0v) is 8.20. The van der Waals surface area contributed by atoms with Crippen LogP contribution in [0.1, 0.15) is 28.4 Å². The fraction of sp³-hybridized carbons (Fsp3) is 0.273. The smallest absolute Gasteiger partial charge is 0.377 e. The summed E-state index contributed by atoms with van der Waals surface area (Å²) in [6, 6.07) is 5.15. The van der Waals surface area contributed by atoms with Gasteiger partial charge in [-0.2, -0.15) is 0 Å². The van der Waals surface area contributed by atoms with Crippen LogP contribution in [0.15, 0.2) is 18.2 Å². The number of benzene rings is 1. The van der Waals surface area contributed by atoms with E-state index in [4.69, 9.17) is 5.11 Å². The van der Waals surface area contributed by atoms with Crippen LogP contribution in [0.2, 0.25) is 0 Å². The number of ketones is 1. The minimum atomic E-state index is -1.40. The second-order valence-corrected chi connectivity index (χ2v) is 3.08. The van der Waals surface area contributed by atoms with Gasteiger partial charge in [0.1, 0.15) is 0 Å². The minimum Gasteiger partial charge on any atom is -0.475 e. The molecule has 0 bridgehead atoms. The topological polar surface area (TPSA) is 54.4 Å². The van der Waals surface area contributed by atoms with Crippen LogP contribution in [-0.4, -0.2) is 16.9 Å². The molecule has 3 heteroatoms. The van der Waals surface area contributed by atoms with Gasteiger partial charge in [0.05, 0.1) is 0 Å². The molecule has 0 radical (unpaired) electrons. The van der Waals surface area contributed by atoms with Crippen LogP contribution in [0.5, 0.6) is 0 Å². The summed E-state index contributed by atoms with van der Waals surface area (Å²) in [6.45, 7) is 3.74. The molecule has 0 aliphatic carbocycles. The summed E-state index contributed by atoms with van der Waals surface area (Å²) < 4.78 is 0. The van der Waals surface area contributed by atoms with Crippen molar-refractivity contribution in [2.45, 2.75) is 20.3 Å². The van der Waals surface area contributed by atoms with E-state index in [9.17, 15) is 9.59 Å². The predicted molar refractivity (Wildman–Crippen MR) is 52.5 cm³/mol. The van der Waals surface area contributed by atoms with Crippen LogP contribution in [0.25, 0.3) is 0 Å².